The lowest BCUT2D eigenvalue weighted by Crippen LogP contribution is -2.58. The van der Waals surface area contributed by atoms with E-state index in [1.54, 1.807) is 6.92 Å². The molecule has 0 saturated carbocycles. The van der Waals surface area contributed by atoms with Crippen LogP contribution in [0.15, 0.2) is 35.3 Å². The van der Waals surface area contributed by atoms with Crippen LogP contribution in [0, 0.1) is 22.7 Å². The Morgan fingerprint density at radius 1 is 1.08 bits per heavy atom. The predicted octanol–water partition coefficient (Wildman–Crippen LogP) is 0.150. The van der Waals surface area contributed by atoms with Crippen LogP contribution < -0.4 is 16.8 Å². The molecule has 60 heavy (non-hydrogen) atoms. The third-order valence-electron chi connectivity index (χ3n) is 9.98. The number of ether oxygens (including phenoxy) is 3. The Kier molecular flexibility index (Phi) is 21.3. The normalized spacial score (nSPS) is 23.5. The summed E-state index contributed by atoms with van der Waals surface area (Å²) in [4.78, 5) is 69.1. The van der Waals surface area contributed by atoms with E-state index >= 15 is 0 Å². The molecule has 0 aliphatic carbocycles. The maximum absolute atomic E-state index is 13.6. The lowest BCUT2D eigenvalue weighted by atomic mass is 9.72. The summed E-state index contributed by atoms with van der Waals surface area (Å²) in [6.07, 6.45) is -7.17. The van der Waals surface area contributed by atoms with Gasteiger partial charge in [0.25, 0.3) is 0 Å². The number of nitrogens with zero attached hydrogens (tertiary/aromatic N) is 3. The van der Waals surface area contributed by atoms with E-state index in [1.165, 1.54) is 23.5 Å². The van der Waals surface area contributed by atoms with Crippen molar-refractivity contribution in [3.63, 3.8) is 0 Å². The number of likely N-dealkylation sites (tertiary alicyclic amines) is 1. The molecule has 0 aromatic heterocycles. The number of rotatable bonds is 25. The molecule has 2 aliphatic rings. The lowest BCUT2D eigenvalue weighted by molar-refractivity contribution is -0.287. The average molecular weight is 897 g/mol. The summed E-state index contributed by atoms with van der Waals surface area (Å²) in [6, 6.07) is 11.7. The van der Waals surface area contributed by atoms with Gasteiger partial charge >= 0.3 is 5.97 Å². The number of thiocarbonyl (C=S) groups is 1. The number of Topliss-reactive ketones (excluding diaryl/α,β-unsaturated/α-hetero) is 1. The second-order valence-electron chi connectivity index (χ2n) is 14.6. The topological polar surface area (TPSA) is 297 Å². The number of thioether (sulfide) groups is 2. The molecular weight excluding hydrogens is 841 g/mol. The van der Waals surface area contributed by atoms with Gasteiger partial charge in [0, 0.05) is 56.5 Å². The summed E-state index contributed by atoms with van der Waals surface area (Å²) >= 11 is 8.24. The van der Waals surface area contributed by atoms with Crippen molar-refractivity contribution in [3.05, 3.63) is 35.9 Å². The van der Waals surface area contributed by atoms with Gasteiger partial charge < -0.3 is 51.4 Å². The van der Waals surface area contributed by atoms with Crippen molar-refractivity contribution in [2.75, 3.05) is 45.2 Å². The first-order valence-electron chi connectivity index (χ1n) is 19.6. The molecule has 2 heterocycles. The van der Waals surface area contributed by atoms with Crippen molar-refractivity contribution in [2.45, 2.75) is 100.0 Å². The second-order valence-corrected chi connectivity index (χ2v) is 18.0. The first kappa shape index (κ1) is 50.6. The number of ketones is 1. The number of nitrogens with one attached hydrogen (secondary N) is 1. The Morgan fingerprint density at radius 2 is 1.80 bits per heavy atom. The molecule has 0 radical (unpaired) electrons. The fraction of sp³-hybridized carbons (Fsp3) is 0.641. The number of hydrogen-bond donors (Lipinski definition) is 7. The maximum atomic E-state index is 13.6. The molecule has 3 rings (SSSR count). The van der Waals surface area contributed by atoms with Gasteiger partial charge in [-0.2, -0.15) is 5.26 Å². The molecule has 9 atom stereocenters. The molecule has 2 fully saturated rings. The van der Waals surface area contributed by atoms with Gasteiger partial charge in [0.15, 0.2) is 12.2 Å². The van der Waals surface area contributed by atoms with E-state index in [9.17, 15) is 49.7 Å². The number of esters is 1. The molecule has 9 unspecified atom stereocenters. The predicted molar refractivity (Wildman–Crippen MR) is 227 cm³/mol. The number of hydrogen-bond acceptors (Lipinski definition) is 17. The minimum atomic E-state index is -1.78. The molecule has 332 valence electrons. The Balaban J connectivity index is 1.38. The zero-order chi connectivity index (χ0) is 44.4. The molecule has 0 spiro atoms. The number of benzene rings is 1. The minimum absolute atomic E-state index is 0.0461. The highest BCUT2D eigenvalue weighted by Gasteiger charge is 2.45. The number of imide groups is 1. The highest BCUT2D eigenvalue weighted by atomic mass is 32.2. The maximum Gasteiger partial charge on any atom is 0.307 e. The van der Waals surface area contributed by atoms with Crippen LogP contribution in [0.2, 0.25) is 0 Å². The highest BCUT2D eigenvalue weighted by Crippen LogP contribution is 2.40. The van der Waals surface area contributed by atoms with Crippen LogP contribution in [-0.2, 0) is 38.2 Å². The molecule has 18 nitrogen and oxygen atoms in total. The number of aliphatic hydroxyl groups is 4. The molecule has 1 aromatic carbocycles. The zero-order valence-corrected chi connectivity index (χ0v) is 36.1. The third kappa shape index (κ3) is 15.6. The molecule has 2 saturated heterocycles. The van der Waals surface area contributed by atoms with Crippen LogP contribution in [0.3, 0.4) is 0 Å². The average Bonchev–Trinajstić information content (AvgIpc) is 3.49. The van der Waals surface area contributed by atoms with Gasteiger partial charge in [-0.15, -0.1) is 23.5 Å². The Morgan fingerprint density at radius 3 is 2.48 bits per heavy atom. The molecule has 3 amide bonds. The van der Waals surface area contributed by atoms with E-state index in [1.807, 2.05) is 37.3 Å². The van der Waals surface area contributed by atoms with Crippen molar-refractivity contribution in [2.24, 2.45) is 27.8 Å². The van der Waals surface area contributed by atoms with Gasteiger partial charge in [-0.1, -0.05) is 49.5 Å². The number of amides is 3. The number of nitrogens with two attached hydrogens (primary N) is 2. The summed E-state index contributed by atoms with van der Waals surface area (Å²) in [5.41, 5.74) is 10.4. The smallest absolute Gasteiger partial charge is 0.307 e. The van der Waals surface area contributed by atoms with Crippen LogP contribution in [0.5, 0.6) is 0 Å². The van der Waals surface area contributed by atoms with Crippen molar-refractivity contribution in [3.8, 4) is 6.07 Å². The van der Waals surface area contributed by atoms with Crippen LogP contribution in [0.4, 0.5) is 0 Å². The number of aliphatic hydroxyl groups excluding tert-OH is 4. The SMILES string of the molecule is CC(SC(=S)c1ccccc1)C(C(=O)NCCCN=C(N)N)C(C)(C#N)CCC(=O)CCCOCCSC1CC(=O)N(CCC(=O)OCC2OC(O)C(O)C(O)C2O)C1=O. The summed E-state index contributed by atoms with van der Waals surface area (Å²) in [5.74, 6) is -2.57. The summed E-state index contributed by atoms with van der Waals surface area (Å²) in [6.45, 7) is 3.93. The highest BCUT2D eigenvalue weighted by molar-refractivity contribution is 8.24. The zero-order valence-electron chi connectivity index (χ0n) is 33.7. The fourth-order valence-corrected chi connectivity index (χ4v) is 9.36. The van der Waals surface area contributed by atoms with Gasteiger partial charge in [-0.05, 0) is 31.7 Å². The first-order chi connectivity index (χ1) is 28.5. The number of guanidine groups is 1. The van der Waals surface area contributed by atoms with Crippen LogP contribution in [0.1, 0.15) is 64.4 Å². The monoisotopic (exact) mass is 896 g/mol. The van der Waals surface area contributed by atoms with Crippen LogP contribution >= 0.6 is 35.7 Å². The molecule has 2 aliphatic heterocycles. The second kappa shape index (κ2) is 25.3. The third-order valence-corrected chi connectivity index (χ3v) is 12.8. The van der Waals surface area contributed by atoms with E-state index in [4.69, 9.17) is 37.9 Å². The molecular formula is C39H56N6O12S3. The van der Waals surface area contributed by atoms with Crippen molar-refractivity contribution in [1.29, 1.82) is 5.26 Å². The van der Waals surface area contributed by atoms with Gasteiger partial charge in [0.05, 0.1) is 39.9 Å². The standard InChI is InChI=1S/C39H56N6O12S3/c1-23(60-37(58)24-8-4-3-5-9-24)30(34(52)43-14-7-15-44-38(41)42)39(2,22-40)13-11-25(46)10-6-17-55-18-19-59-27-20-28(47)45(35(27)53)16-12-29(48)56-21-26-31(49)32(50)33(51)36(54)57-26/h3-5,8-9,23,26-27,30-33,36,49-51,54H,6-7,10-21H2,1-2H3,(H,43,52)(H4,41,42,44). The Bertz CT molecular complexity index is 1700. The number of carbonyl (C=O) groups excluding carboxylic acids is 5. The van der Waals surface area contributed by atoms with E-state index in [0.717, 1.165) is 10.5 Å². The lowest BCUT2D eigenvalue weighted by Gasteiger charge is -2.37. The van der Waals surface area contributed by atoms with E-state index in [-0.39, 0.29) is 76.1 Å². The summed E-state index contributed by atoms with van der Waals surface area (Å²) in [7, 11) is 0. The quantitative estimate of drug-likeness (QED) is 0.0172. The van der Waals surface area contributed by atoms with Crippen LogP contribution in [0.25, 0.3) is 0 Å². The number of nitriles is 1. The van der Waals surface area contributed by atoms with Crippen molar-refractivity contribution < 1.29 is 58.6 Å². The minimum Gasteiger partial charge on any atom is -0.463 e. The summed E-state index contributed by atoms with van der Waals surface area (Å²) < 4.78 is 16.2. The van der Waals surface area contributed by atoms with Gasteiger partial charge in [-0.3, -0.25) is 33.9 Å². The van der Waals surface area contributed by atoms with E-state index in [2.05, 4.69) is 16.4 Å². The Labute approximate surface area is 363 Å². The van der Waals surface area contributed by atoms with E-state index < -0.39 is 76.9 Å². The molecule has 9 N–H and O–H groups in total. The first-order valence-corrected chi connectivity index (χ1v) is 21.9. The van der Waals surface area contributed by atoms with Gasteiger partial charge in [0.1, 0.15) is 36.8 Å². The Hall–Kier alpha value is -3.72. The summed E-state index contributed by atoms with van der Waals surface area (Å²) in [5, 5.41) is 51.2. The molecule has 1 aromatic rings. The van der Waals surface area contributed by atoms with E-state index in [0.29, 0.717) is 29.3 Å². The van der Waals surface area contributed by atoms with Gasteiger partial charge in [-0.25, -0.2) is 0 Å². The number of carbonyl (C=O) groups is 5. The number of aliphatic imine (C=N–C) groups is 1. The fourth-order valence-electron chi connectivity index (χ4n) is 6.57. The van der Waals surface area contributed by atoms with Gasteiger partial charge in [0.2, 0.25) is 17.7 Å². The van der Waals surface area contributed by atoms with Crippen LogP contribution in [-0.4, -0.2) is 151 Å². The van der Waals surface area contributed by atoms with Crippen molar-refractivity contribution in [1.82, 2.24) is 10.2 Å². The van der Waals surface area contributed by atoms with Crippen molar-refractivity contribution >= 4 is 75.4 Å². The largest absolute Gasteiger partial charge is 0.463 e. The molecule has 21 heteroatoms. The molecule has 0 bridgehead atoms.